The van der Waals surface area contributed by atoms with E-state index in [-0.39, 0.29) is 23.3 Å². The van der Waals surface area contributed by atoms with Gasteiger partial charge in [-0.25, -0.2) is 18.1 Å². The van der Waals surface area contributed by atoms with Gasteiger partial charge in [0.15, 0.2) is 5.03 Å². The molecule has 7 heteroatoms. The SMILES string of the molecule is CCCNc1cccnc1S(=O)(=O)NC1CC2CCC1O2. The molecule has 2 aliphatic rings. The molecule has 3 atom stereocenters. The molecule has 0 aromatic carbocycles. The molecule has 2 N–H and O–H groups in total. The summed E-state index contributed by atoms with van der Waals surface area (Å²) in [4.78, 5) is 4.05. The van der Waals surface area contributed by atoms with Crippen LogP contribution in [0.15, 0.2) is 23.4 Å². The van der Waals surface area contributed by atoms with E-state index >= 15 is 0 Å². The number of nitrogens with one attached hydrogen (secondary N) is 2. The van der Waals surface area contributed by atoms with Crippen LogP contribution in [0.25, 0.3) is 0 Å². The van der Waals surface area contributed by atoms with Crippen molar-refractivity contribution in [1.29, 1.82) is 0 Å². The summed E-state index contributed by atoms with van der Waals surface area (Å²) in [5.41, 5.74) is 0.552. The van der Waals surface area contributed by atoms with E-state index in [2.05, 4.69) is 15.0 Å². The van der Waals surface area contributed by atoms with Crippen LogP contribution in [0.3, 0.4) is 0 Å². The second-order valence-corrected chi connectivity index (χ2v) is 7.25. The Bertz CT molecular complexity index is 605. The second-order valence-electron chi connectivity index (χ2n) is 5.62. The summed E-state index contributed by atoms with van der Waals surface area (Å²) in [6.07, 6.45) is 5.38. The van der Waals surface area contributed by atoms with E-state index in [0.29, 0.717) is 12.2 Å². The lowest BCUT2D eigenvalue weighted by atomic mass is 9.96. The third-order valence-electron chi connectivity index (χ3n) is 4.00. The van der Waals surface area contributed by atoms with Crippen LogP contribution in [0, 0.1) is 0 Å². The molecule has 2 bridgehead atoms. The quantitative estimate of drug-likeness (QED) is 0.832. The lowest BCUT2D eigenvalue weighted by molar-refractivity contribution is 0.0996. The van der Waals surface area contributed by atoms with Gasteiger partial charge in [-0.3, -0.25) is 0 Å². The van der Waals surface area contributed by atoms with Crippen LogP contribution >= 0.6 is 0 Å². The molecule has 2 fully saturated rings. The van der Waals surface area contributed by atoms with E-state index in [1.54, 1.807) is 12.1 Å². The van der Waals surface area contributed by atoms with Crippen LogP contribution in [-0.2, 0) is 14.8 Å². The minimum Gasteiger partial charge on any atom is -0.383 e. The molecule has 21 heavy (non-hydrogen) atoms. The number of aromatic nitrogens is 1. The lowest BCUT2D eigenvalue weighted by Gasteiger charge is -2.20. The normalized spacial score (nSPS) is 28.0. The molecule has 116 valence electrons. The van der Waals surface area contributed by atoms with Gasteiger partial charge in [-0.15, -0.1) is 0 Å². The highest BCUT2D eigenvalue weighted by molar-refractivity contribution is 7.89. The second kappa shape index (κ2) is 5.90. The first-order valence-electron chi connectivity index (χ1n) is 7.47. The van der Waals surface area contributed by atoms with Crippen molar-refractivity contribution < 1.29 is 13.2 Å². The highest BCUT2D eigenvalue weighted by Crippen LogP contribution is 2.35. The Morgan fingerprint density at radius 1 is 1.43 bits per heavy atom. The Morgan fingerprint density at radius 3 is 2.95 bits per heavy atom. The standard InChI is InChI=1S/C14H21N3O3S/c1-2-7-15-11-4-3-8-16-14(11)21(18,19)17-12-9-10-5-6-13(12)20-10/h3-4,8,10,12-13,15,17H,2,5-7,9H2,1H3. The van der Waals surface area contributed by atoms with Crippen molar-refractivity contribution >= 4 is 15.7 Å². The van der Waals surface area contributed by atoms with E-state index in [0.717, 1.165) is 25.7 Å². The van der Waals surface area contributed by atoms with Crippen molar-refractivity contribution in [3.8, 4) is 0 Å². The molecule has 3 unspecified atom stereocenters. The summed E-state index contributed by atoms with van der Waals surface area (Å²) in [5, 5.41) is 3.19. The van der Waals surface area contributed by atoms with Gasteiger partial charge in [0.2, 0.25) is 0 Å². The first-order chi connectivity index (χ1) is 10.1. The molecule has 3 rings (SSSR count). The zero-order valence-electron chi connectivity index (χ0n) is 12.1. The van der Waals surface area contributed by atoms with Gasteiger partial charge in [-0.2, -0.15) is 0 Å². The molecule has 1 aromatic rings. The first kappa shape index (κ1) is 14.7. The van der Waals surface area contributed by atoms with E-state index in [1.807, 2.05) is 6.92 Å². The van der Waals surface area contributed by atoms with E-state index < -0.39 is 10.0 Å². The largest absolute Gasteiger partial charge is 0.383 e. The zero-order valence-corrected chi connectivity index (χ0v) is 12.9. The van der Waals surface area contributed by atoms with Crippen LogP contribution < -0.4 is 10.0 Å². The number of fused-ring (bicyclic) bond motifs is 2. The highest BCUT2D eigenvalue weighted by atomic mass is 32.2. The Labute approximate surface area is 125 Å². The predicted molar refractivity (Wildman–Crippen MR) is 79.6 cm³/mol. The number of rotatable bonds is 6. The average Bonchev–Trinajstić information content (AvgIpc) is 3.07. The molecule has 3 heterocycles. The summed E-state index contributed by atoms with van der Waals surface area (Å²) >= 11 is 0. The maximum atomic E-state index is 12.6. The van der Waals surface area contributed by atoms with Gasteiger partial charge < -0.3 is 10.1 Å². The monoisotopic (exact) mass is 311 g/mol. The Balaban J connectivity index is 1.78. The van der Waals surface area contributed by atoms with Crippen molar-refractivity contribution in [2.75, 3.05) is 11.9 Å². The number of hydrogen-bond donors (Lipinski definition) is 2. The summed E-state index contributed by atoms with van der Waals surface area (Å²) in [7, 11) is -3.63. The number of anilines is 1. The van der Waals surface area contributed by atoms with E-state index in [4.69, 9.17) is 4.74 Å². The van der Waals surface area contributed by atoms with Gasteiger partial charge in [-0.05, 0) is 37.8 Å². The maximum Gasteiger partial charge on any atom is 0.260 e. The fourth-order valence-electron chi connectivity index (χ4n) is 3.02. The van der Waals surface area contributed by atoms with Gasteiger partial charge in [-0.1, -0.05) is 6.92 Å². The van der Waals surface area contributed by atoms with Crippen molar-refractivity contribution in [2.24, 2.45) is 0 Å². The molecular weight excluding hydrogens is 290 g/mol. The molecule has 0 amide bonds. The average molecular weight is 311 g/mol. The van der Waals surface area contributed by atoms with Crippen molar-refractivity contribution in [3.63, 3.8) is 0 Å². The summed E-state index contributed by atoms with van der Waals surface area (Å²) < 4.78 is 33.6. The number of pyridine rings is 1. The minimum atomic E-state index is -3.63. The van der Waals surface area contributed by atoms with Crippen LogP contribution in [0.4, 0.5) is 5.69 Å². The van der Waals surface area contributed by atoms with Crippen molar-refractivity contribution in [3.05, 3.63) is 18.3 Å². The third-order valence-corrected chi connectivity index (χ3v) is 5.45. The topological polar surface area (TPSA) is 80.3 Å². The third kappa shape index (κ3) is 3.04. The van der Waals surface area contributed by atoms with Gasteiger partial charge in [0.05, 0.1) is 23.9 Å². The fourth-order valence-corrected chi connectivity index (χ4v) is 4.40. The molecule has 0 radical (unpaired) electrons. The van der Waals surface area contributed by atoms with Crippen LogP contribution in [0.2, 0.25) is 0 Å². The Kier molecular flexibility index (Phi) is 4.14. The smallest absolute Gasteiger partial charge is 0.260 e. The Hall–Kier alpha value is -1.18. The van der Waals surface area contributed by atoms with E-state index in [9.17, 15) is 8.42 Å². The van der Waals surface area contributed by atoms with E-state index in [1.165, 1.54) is 6.20 Å². The van der Waals surface area contributed by atoms with Crippen LogP contribution in [0.1, 0.15) is 32.6 Å². The molecule has 0 aliphatic carbocycles. The highest BCUT2D eigenvalue weighted by Gasteiger charge is 2.43. The lowest BCUT2D eigenvalue weighted by Crippen LogP contribution is -2.41. The molecular formula is C14H21N3O3S. The number of sulfonamides is 1. The van der Waals surface area contributed by atoms with Gasteiger partial charge in [0.25, 0.3) is 10.0 Å². The number of hydrogen-bond acceptors (Lipinski definition) is 5. The molecule has 2 saturated heterocycles. The summed E-state index contributed by atoms with van der Waals surface area (Å²) in [5.74, 6) is 0. The van der Waals surface area contributed by atoms with Crippen LogP contribution in [-0.4, -0.2) is 38.2 Å². The number of nitrogens with zero attached hydrogens (tertiary/aromatic N) is 1. The van der Waals surface area contributed by atoms with Gasteiger partial charge >= 0.3 is 0 Å². The summed E-state index contributed by atoms with van der Waals surface area (Å²) in [6.45, 7) is 2.74. The molecule has 6 nitrogen and oxygen atoms in total. The first-order valence-corrected chi connectivity index (χ1v) is 8.95. The minimum absolute atomic E-state index is 0.0144. The maximum absolute atomic E-state index is 12.6. The number of ether oxygens (including phenoxy) is 1. The van der Waals surface area contributed by atoms with Gasteiger partial charge in [0, 0.05) is 12.7 Å². The van der Waals surface area contributed by atoms with Crippen molar-refractivity contribution in [1.82, 2.24) is 9.71 Å². The molecule has 0 saturated carbocycles. The Morgan fingerprint density at radius 2 is 2.29 bits per heavy atom. The molecule has 0 spiro atoms. The van der Waals surface area contributed by atoms with Crippen molar-refractivity contribution in [2.45, 2.75) is 55.9 Å². The fraction of sp³-hybridized carbons (Fsp3) is 0.643. The van der Waals surface area contributed by atoms with Gasteiger partial charge in [0.1, 0.15) is 0 Å². The molecule has 2 aliphatic heterocycles. The summed E-state index contributed by atoms with van der Waals surface area (Å²) in [6, 6.07) is 3.35. The predicted octanol–water partition coefficient (Wildman–Crippen LogP) is 1.50. The van der Waals surface area contributed by atoms with Crippen LogP contribution in [0.5, 0.6) is 0 Å². The zero-order chi connectivity index (χ0) is 14.9. The molecule has 1 aromatic heterocycles.